The van der Waals surface area contributed by atoms with Crippen LogP contribution in [0.3, 0.4) is 0 Å². The highest BCUT2D eigenvalue weighted by Gasteiger charge is 2.23. The average molecular weight is 303 g/mol. The fourth-order valence-corrected chi connectivity index (χ4v) is 3.18. The first-order valence-corrected chi connectivity index (χ1v) is 7.28. The summed E-state index contributed by atoms with van der Waals surface area (Å²) < 4.78 is 10.2. The fourth-order valence-electron chi connectivity index (χ4n) is 2.24. The summed E-state index contributed by atoms with van der Waals surface area (Å²) in [6.45, 7) is 2.10. The largest absolute Gasteiger partial charge is 0.493 e. The molecular weight excluding hydrogens is 290 g/mol. The van der Waals surface area contributed by atoms with Gasteiger partial charge in [0.25, 0.3) is 0 Å². The van der Waals surface area contributed by atoms with Crippen molar-refractivity contribution in [2.45, 2.75) is 13.3 Å². The van der Waals surface area contributed by atoms with Gasteiger partial charge in [-0.1, -0.05) is 0 Å². The van der Waals surface area contributed by atoms with Gasteiger partial charge in [-0.25, -0.2) is 9.78 Å². The monoisotopic (exact) mass is 303 g/mol. The molecule has 1 aliphatic heterocycles. The van der Waals surface area contributed by atoms with E-state index in [0.717, 1.165) is 23.3 Å². The lowest BCUT2D eigenvalue weighted by atomic mass is 10.1. The number of nitrogens with zero attached hydrogens (tertiary/aromatic N) is 1. The van der Waals surface area contributed by atoms with Gasteiger partial charge in [-0.05, 0) is 23.8 Å². The highest BCUT2D eigenvalue weighted by atomic mass is 32.1. The van der Waals surface area contributed by atoms with Crippen LogP contribution in [0.2, 0.25) is 0 Å². The van der Waals surface area contributed by atoms with Gasteiger partial charge < -0.3 is 9.47 Å². The van der Waals surface area contributed by atoms with Gasteiger partial charge in [0.2, 0.25) is 0 Å². The maximum absolute atomic E-state index is 11.7. The zero-order chi connectivity index (χ0) is 15.0. The summed E-state index contributed by atoms with van der Waals surface area (Å²) in [6.07, 6.45) is 0.859. The number of rotatable bonds is 3. The van der Waals surface area contributed by atoms with Crippen molar-refractivity contribution < 1.29 is 19.1 Å². The number of hydrogen-bond donors (Lipinski definition) is 0. The normalized spacial score (nSPS) is 12.7. The maximum Gasteiger partial charge on any atom is 0.358 e. The molecule has 2 heterocycles. The minimum absolute atomic E-state index is 0.0850. The Balaban J connectivity index is 2.07. The van der Waals surface area contributed by atoms with Gasteiger partial charge in [-0.3, -0.25) is 4.79 Å². The van der Waals surface area contributed by atoms with Crippen LogP contribution in [-0.2, 0) is 11.2 Å². The van der Waals surface area contributed by atoms with Gasteiger partial charge in [0.1, 0.15) is 15.6 Å². The predicted octanol–water partition coefficient (Wildman–Crippen LogP) is 2.73. The Bertz CT molecular complexity index is 735. The molecule has 0 unspecified atom stereocenters. The number of methoxy groups -OCH3 is 1. The minimum atomic E-state index is -0.591. The second-order valence-corrected chi connectivity index (χ2v) is 5.66. The van der Waals surface area contributed by atoms with E-state index < -0.39 is 5.97 Å². The Kier molecular flexibility index (Phi) is 3.47. The zero-order valence-electron chi connectivity index (χ0n) is 11.6. The van der Waals surface area contributed by atoms with Crippen molar-refractivity contribution in [3.63, 3.8) is 0 Å². The number of carbonyl (C=O) groups excluding carboxylic acids is 2. The van der Waals surface area contributed by atoms with Crippen LogP contribution in [0.5, 0.6) is 5.75 Å². The molecule has 5 nitrogen and oxygen atoms in total. The fraction of sp³-hybridized carbons (Fsp3) is 0.267. The molecule has 0 saturated heterocycles. The second-order valence-electron chi connectivity index (χ2n) is 4.67. The van der Waals surface area contributed by atoms with Crippen molar-refractivity contribution in [3.05, 3.63) is 34.3 Å². The van der Waals surface area contributed by atoms with Crippen LogP contribution in [0.15, 0.2) is 18.2 Å². The number of carbonyl (C=O) groups is 2. The molecule has 2 aromatic rings. The molecule has 1 aromatic heterocycles. The molecule has 0 N–H and O–H groups in total. The first-order chi connectivity index (χ1) is 10.1. The van der Waals surface area contributed by atoms with Crippen molar-refractivity contribution in [1.82, 2.24) is 4.98 Å². The molecule has 0 spiro atoms. The summed E-state index contributed by atoms with van der Waals surface area (Å²) in [6, 6.07) is 5.77. The van der Waals surface area contributed by atoms with E-state index in [1.165, 1.54) is 25.4 Å². The van der Waals surface area contributed by atoms with E-state index in [-0.39, 0.29) is 11.5 Å². The van der Waals surface area contributed by atoms with E-state index in [4.69, 9.17) is 4.74 Å². The molecule has 1 aromatic carbocycles. The summed E-state index contributed by atoms with van der Waals surface area (Å²) in [5.74, 6) is 0.103. The number of ether oxygens (including phenoxy) is 2. The van der Waals surface area contributed by atoms with E-state index in [1.807, 2.05) is 18.2 Å². The lowest BCUT2D eigenvalue weighted by Gasteiger charge is -2.00. The molecule has 0 fully saturated rings. The summed E-state index contributed by atoms with van der Waals surface area (Å²) in [4.78, 5) is 28.0. The Morgan fingerprint density at radius 1 is 1.38 bits per heavy atom. The van der Waals surface area contributed by atoms with Crippen LogP contribution in [0, 0.1) is 0 Å². The smallest absolute Gasteiger partial charge is 0.358 e. The van der Waals surface area contributed by atoms with Gasteiger partial charge in [-0.15, -0.1) is 11.3 Å². The molecular formula is C15H13NO4S. The number of ketones is 1. The Labute approximate surface area is 125 Å². The summed E-state index contributed by atoms with van der Waals surface area (Å²) in [5.41, 5.74) is 2.08. The van der Waals surface area contributed by atoms with E-state index in [2.05, 4.69) is 9.72 Å². The number of Topliss-reactive ketones (excluding diaryl/α,β-unsaturated/α-hetero) is 1. The van der Waals surface area contributed by atoms with Gasteiger partial charge in [0.05, 0.1) is 13.7 Å². The van der Waals surface area contributed by atoms with E-state index in [9.17, 15) is 9.59 Å². The maximum atomic E-state index is 11.7. The molecule has 0 aliphatic carbocycles. The van der Waals surface area contributed by atoms with Crippen LogP contribution in [0.25, 0.3) is 10.6 Å². The van der Waals surface area contributed by atoms with Crippen molar-refractivity contribution >= 4 is 23.1 Å². The standard InChI is InChI=1S/C15H13NO4S/c1-8(17)13-12(15(18)19-2)16-14(21-13)10-3-4-11-9(7-10)5-6-20-11/h3-4,7H,5-6H2,1-2H3. The molecule has 0 saturated carbocycles. The third kappa shape index (κ3) is 2.42. The van der Waals surface area contributed by atoms with E-state index in [1.54, 1.807) is 0 Å². The first kappa shape index (κ1) is 13.8. The molecule has 0 radical (unpaired) electrons. The van der Waals surface area contributed by atoms with Gasteiger partial charge in [0.15, 0.2) is 11.5 Å². The molecule has 108 valence electrons. The minimum Gasteiger partial charge on any atom is -0.493 e. The number of benzene rings is 1. The SMILES string of the molecule is COC(=O)c1nc(-c2ccc3c(c2)CCO3)sc1C(C)=O. The second kappa shape index (κ2) is 5.29. The van der Waals surface area contributed by atoms with Crippen molar-refractivity contribution in [3.8, 4) is 16.3 Å². The molecule has 1 aliphatic rings. The lowest BCUT2D eigenvalue weighted by Crippen LogP contribution is -2.06. The molecule has 6 heteroatoms. The van der Waals surface area contributed by atoms with Crippen molar-refractivity contribution in [2.24, 2.45) is 0 Å². The van der Waals surface area contributed by atoms with Gasteiger partial charge >= 0.3 is 5.97 Å². The van der Waals surface area contributed by atoms with Crippen LogP contribution in [0.1, 0.15) is 32.6 Å². The third-order valence-electron chi connectivity index (χ3n) is 3.26. The third-order valence-corrected chi connectivity index (χ3v) is 4.47. The highest BCUT2D eigenvalue weighted by Crippen LogP contribution is 2.34. The first-order valence-electron chi connectivity index (χ1n) is 6.46. The van der Waals surface area contributed by atoms with Crippen LogP contribution < -0.4 is 4.74 Å². The topological polar surface area (TPSA) is 65.5 Å². The van der Waals surface area contributed by atoms with Crippen molar-refractivity contribution in [1.29, 1.82) is 0 Å². The van der Waals surface area contributed by atoms with E-state index >= 15 is 0 Å². The molecule has 0 atom stereocenters. The molecule has 0 amide bonds. The number of hydrogen-bond acceptors (Lipinski definition) is 6. The van der Waals surface area contributed by atoms with Crippen LogP contribution >= 0.6 is 11.3 Å². The summed E-state index contributed by atoms with van der Waals surface area (Å²) >= 11 is 1.21. The predicted molar refractivity (Wildman–Crippen MR) is 78.1 cm³/mol. The number of fused-ring (bicyclic) bond motifs is 1. The molecule has 21 heavy (non-hydrogen) atoms. The number of aromatic nitrogens is 1. The summed E-state index contributed by atoms with van der Waals surface area (Å²) in [5, 5.41) is 0.635. The number of esters is 1. The van der Waals surface area contributed by atoms with Gasteiger partial charge in [-0.2, -0.15) is 0 Å². The lowest BCUT2D eigenvalue weighted by molar-refractivity contribution is 0.0591. The van der Waals surface area contributed by atoms with Crippen LogP contribution in [0.4, 0.5) is 0 Å². The molecule has 0 bridgehead atoms. The summed E-state index contributed by atoms with van der Waals surface area (Å²) in [7, 11) is 1.28. The highest BCUT2D eigenvalue weighted by molar-refractivity contribution is 7.17. The van der Waals surface area contributed by atoms with Crippen molar-refractivity contribution in [2.75, 3.05) is 13.7 Å². The van der Waals surface area contributed by atoms with Crippen LogP contribution in [-0.4, -0.2) is 30.5 Å². The zero-order valence-corrected chi connectivity index (χ0v) is 12.5. The number of thiazole rings is 1. The molecule has 3 rings (SSSR count). The quantitative estimate of drug-likeness (QED) is 0.644. The Hall–Kier alpha value is -2.21. The average Bonchev–Trinajstić information content (AvgIpc) is 3.11. The Morgan fingerprint density at radius 2 is 2.19 bits per heavy atom. The Morgan fingerprint density at radius 3 is 2.90 bits per heavy atom. The van der Waals surface area contributed by atoms with Gasteiger partial charge in [0, 0.05) is 18.9 Å². The van der Waals surface area contributed by atoms with E-state index in [0.29, 0.717) is 16.5 Å².